The molecular weight excluding hydrogens is 242 g/mol. The maximum atomic E-state index is 12.4. The van der Waals surface area contributed by atoms with Crippen LogP contribution >= 0.6 is 0 Å². The summed E-state index contributed by atoms with van der Waals surface area (Å²) in [5, 5.41) is 6.99. The van der Waals surface area contributed by atoms with Crippen molar-refractivity contribution in [2.45, 2.75) is 26.2 Å². The molecule has 1 aliphatic heterocycles. The third-order valence-corrected chi connectivity index (χ3v) is 3.59. The molecule has 1 fully saturated rings. The molecule has 1 amide bonds. The number of carbonyl (C=O) groups excluding carboxylic acids is 1. The number of amides is 1. The Morgan fingerprint density at radius 3 is 2.89 bits per heavy atom. The third-order valence-electron chi connectivity index (χ3n) is 3.59. The van der Waals surface area contributed by atoms with E-state index < -0.39 is 0 Å². The summed E-state index contributed by atoms with van der Waals surface area (Å²) in [5.41, 5.74) is 7.79. The van der Waals surface area contributed by atoms with Gasteiger partial charge in [-0.1, -0.05) is 13.3 Å². The van der Waals surface area contributed by atoms with Gasteiger partial charge in [-0.25, -0.2) is 0 Å². The topological polar surface area (TPSA) is 78.2 Å². The minimum Gasteiger partial charge on any atom is -0.395 e. The van der Waals surface area contributed by atoms with E-state index in [-0.39, 0.29) is 5.91 Å². The fourth-order valence-electron chi connectivity index (χ4n) is 2.39. The van der Waals surface area contributed by atoms with Crippen LogP contribution in [0.25, 0.3) is 0 Å². The van der Waals surface area contributed by atoms with Crippen molar-refractivity contribution in [2.75, 3.05) is 39.0 Å². The maximum Gasteiger partial charge on any atom is 0.276 e. The van der Waals surface area contributed by atoms with Gasteiger partial charge in [0.2, 0.25) is 0 Å². The summed E-state index contributed by atoms with van der Waals surface area (Å²) in [6, 6.07) is 0. The first-order valence-electron chi connectivity index (χ1n) is 6.94. The van der Waals surface area contributed by atoms with Crippen LogP contribution in [0.5, 0.6) is 0 Å². The average molecular weight is 265 g/mol. The molecule has 2 rings (SSSR count). The molecule has 19 heavy (non-hydrogen) atoms. The van der Waals surface area contributed by atoms with Gasteiger partial charge in [0, 0.05) is 19.6 Å². The Labute approximate surface area is 113 Å². The number of likely N-dealkylation sites (N-methyl/N-ethyl adjacent to an activating group) is 1. The molecule has 0 saturated carbocycles. The van der Waals surface area contributed by atoms with E-state index in [1.165, 1.54) is 0 Å². The van der Waals surface area contributed by atoms with Crippen LogP contribution in [0.3, 0.4) is 0 Å². The Bertz CT molecular complexity index is 442. The Morgan fingerprint density at radius 1 is 1.37 bits per heavy atom. The fourth-order valence-corrected chi connectivity index (χ4v) is 2.39. The lowest BCUT2D eigenvalue weighted by Crippen LogP contribution is -2.35. The third kappa shape index (κ3) is 3.07. The number of anilines is 1. The molecule has 0 atom stereocenters. The average Bonchev–Trinajstić information content (AvgIpc) is 2.61. The van der Waals surface area contributed by atoms with E-state index in [1.807, 2.05) is 4.90 Å². The summed E-state index contributed by atoms with van der Waals surface area (Å²) in [5.74, 6) is -0.0496. The fraction of sp³-hybridized carbons (Fsp3) is 0.692. The Kier molecular flexibility index (Phi) is 4.42. The standard InChI is InChI=1S/C13H23N5O/c1-3-5-10-11(14)12(16-15-10)13(19)18-7-4-6-17(2)8-9-18/h3-9,14H2,1-2H3,(H,15,16). The van der Waals surface area contributed by atoms with Gasteiger partial charge in [0.1, 0.15) is 0 Å². The van der Waals surface area contributed by atoms with Gasteiger partial charge in [-0.15, -0.1) is 0 Å². The van der Waals surface area contributed by atoms with Crippen molar-refractivity contribution in [1.29, 1.82) is 0 Å². The van der Waals surface area contributed by atoms with Gasteiger partial charge in [-0.05, 0) is 26.4 Å². The van der Waals surface area contributed by atoms with Crippen LogP contribution in [0.15, 0.2) is 0 Å². The van der Waals surface area contributed by atoms with Crippen LogP contribution in [-0.2, 0) is 6.42 Å². The maximum absolute atomic E-state index is 12.4. The lowest BCUT2D eigenvalue weighted by Gasteiger charge is -2.19. The van der Waals surface area contributed by atoms with Crippen molar-refractivity contribution in [3.63, 3.8) is 0 Å². The second kappa shape index (κ2) is 6.06. The summed E-state index contributed by atoms with van der Waals surface area (Å²) in [6.07, 6.45) is 2.80. The number of H-pyrrole nitrogens is 1. The molecule has 0 unspecified atom stereocenters. The van der Waals surface area contributed by atoms with E-state index >= 15 is 0 Å². The quantitative estimate of drug-likeness (QED) is 0.844. The Morgan fingerprint density at radius 2 is 2.16 bits per heavy atom. The summed E-state index contributed by atoms with van der Waals surface area (Å²) >= 11 is 0. The normalized spacial score (nSPS) is 17.5. The first-order chi connectivity index (χ1) is 9.13. The molecule has 0 radical (unpaired) electrons. The van der Waals surface area contributed by atoms with E-state index in [2.05, 4.69) is 29.1 Å². The molecule has 1 aliphatic rings. The van der Waals surface area contributed by atoms with Crippen LogP contribution < -0.4 is 5.73 Å². The summed E-state index contributed by atoms with van der Waals surface area (Å²) in [6.45, 7) is 5.52. The number of rotatable bonds is 3. The second-order valence-electron chi connectivity index (χ2n) is 5.16. The number of aryl methyl sites for hydroxylation is 1. The molecule has 0 bridgehead atoms. The summed E-state index contributed by atoms with van der Waals surface area (Å²) < 4.78 is 0. The smallest absolute Gasteiger partial charge is 0.276 e. The van der Waals surface area contributed by atoms with Gasteiger partial charge in [0.05, 0.1) is 11.4 Å². The van der Waals surface area contributed by atoms with Gasteiger partial charge in [-0.2, -0.15) is 5.10 Å². The minimum atomic E-state index is -0.0496. The van der Waals surface area contributed by atoms with E-state index in [0.29, 0.717) is 11.4 Å². The highest BCUT2D eigenvalue weighted by atomic mass is 16.2. The number of carbonyl (C=O) groups is 1. The lowest BCUT2D eigenvalue weighted by atomic mass is 10.2. The van der Waals surface area contributed by atoms with Crippen molar-refractivity contribution in [1.82, 2.24) is 20.0 Å². The number of nitrogens with two attached hydrogens (primary N) is 1. The molecule has 0 aliphatic carbocycles. The Hall–Kier alpha value is -1.56. The van der Waals surface area contributed by atoms with Crippen molar-refractivity contribution in [3.8, 4) is 0 Å². The minimum absolute atomic E-state index is 0.0496. The number of nitrogen functional groups attached to an aromatic ring is 1. The van der Waals surface area contributed by atoms with Crippen LogP contribution in [0.2, 0.25) is 0 Å². The molecule has 1 aromatic rings. The van der Waals surface area contributed by atoms with Crippen molar-refractivity contribution in [3.05, 3.63) is 11.4 Å². The predicted molar refractivity (Wildman–Crippen MR) is 75.0 cm³/mol. The second-order valence-corrected chi connectivity index (χ2v) is 5.16. The molecule has 106 valence electrons. The van der Waals surface area contributed by atoms with E-state index in [9.17, 15) is 4.79 Å². The molecule has 6 heteroatoms. The van der Waals surface area contributed by atoms with Gasteiger partial charge in [0.15, 0.2) is 5.69 Å². The van der Waals surface area contributed by atoms with E-state index in [0.717, 1.165) is 51.1 Å². The first-order valence-corrected chi connectivity index (χ1v) is 6.94. The highest BCUT2D eigenvalue weighted by Gasteiger charge is 2.24. The number of hydrogen-bond acceptors (Lipinski definition) is 4. The van der Waals surface area contributed by atoms with Crippen LogP contribution in [-0.4, -0.2) is 59.1 Å². The summed E-state index contributed by atoms with van der Waals surface area (Å²) in [7, 11) is 2.08. The SMILES string of the molecule is CCCc1[nH]nc(C(=O)N2CCCN(C)CC2)c1N. The lowest BCUT2D eigenvalue weighted by molar-refractivity contribution is 0.0758. The van der Waals surface area contributed by atoms with Crippen molar-refractivity contribution >= 4 is 11.6 Å². The van der Waals surface area contributed by atoms with Gasteiger partial charge >= 0.3 is 0 Å². The molecule has 0 aromatic carbocycles. The Balaban J connectivity index is 2.10. The van der Waals surface area contributed by atoms with Gasteiger partial charge in [0.25, 0.3) is 5.91 Å². The highest BCUT2D eigenvalue weighted by Crippen LogP contribution is 2.18. The molecule has 1 aromatic heterocycles. The van der Waals surface area contributed by atoms with Gasteiger partial charge < -0.3 is 15.5 Å². The van der Waals surface area contributed by atoms with Crippen LogP contribution in [0.1, 0.15) is 35.9 Å². The monoisotopic (exact) mass is 265 g/mol. The zero-order valence-corrected chi connectivity index (χ0v) is 11.8. The number of aromatic nitrogens is 2. The molecule has 6 nitrogen and oxygen atoms in total. The number of nitrogens with zero attached hydrogens (tertiary/aromatic N) is 3. The molecule has 2 heterocycles. The summed E-state index contributed by atoms with van der Waals surface area (Å²) in [4.78, 5) is 16.5. The first kappa shape index (κ1) is 13.9. The molecular formula is C13H23N5O. The molecule has 3 N–H and O–H groups in total. The van der Waals surface area contributed by atoms with E-state index in [1.54, 1.807) is 0 Å². The van der Waals surface area contributed by atoms with Crippen LogP contribution in [0.4, 0.5) is 5.69 Å². The van der Waals surface area contributed by atoms with E-state index in [4.69, 9.17) is 5.73 Å². The molecule has 0 spiro atoms. The van der Waals surface area contributed by atoms with Crippen molar-refractivity contribution < 1.29 is 4.79 Å². The number of aromatic amines is 1. The highest BCUT2D eigenvalue weighted by molar-refractivity contribution is 5.97. The largest absolute Gasteiger partial charge is 0.395 e. The van der Waals surface area contributed by atoms with Crippen LogP contribution in [0, 0.1) is 0 Å². The van der Waals surface area contributed by atoms with Gasteiger partial charge in [-0.3, -0.25) is 9.89 Å². The predicted octanol–water partition coefficient (Wildman–Crippen LogP) is 0.722. The zero-order chi connectivity index (χ0) is 13.8. The zero-order valence-electron chi connectivity index (χ0n) is 11.8. The number of nitrogens with one attached hydrogen (secondary N) is 1. The van der Waals surface area contributed by atoms with Crippen molar-refractivity contribution in [2.24, 2.45) is 0 Å². The number of hydrogen-bond donors (Lipinski definition) is 2. The molecule has 1 saturated heterocycles.